The van der Waals surface area contributed by atoms with E-state index in [4.69, 9.17) is 11.6 Å². The van der Waals surface area contributed by atoms with E-state index in [2.05, 4.69) is 0 Å². The van der Waals surface area contributed by atoms with Crippen LogP contribution in [-0.2, 0) is 7.05 Å². The van der Waals surface area contributed by atoms with Crippen molar-refractivity contribution in [3.8, 4) is 0 Å². The van der Waals surface area contributed by atoms with Crippen LogP contribution < -0.4 is 5.56 Å². The van der Waals surface area contributed by atoms with Crippen LogP contribution in [0.1, 0.15) is 42.9 Å². The van der Waals surface area contributed by atoms with Gasteiger partial charge in [0, 0.05) is 13.2 Å². The number of pyridine rings is 1. The standard InChI is InChI=1S/C21H19ClF3NO2/c1-11(3-6-20(27)12-4-5-17(23)16(22)7-12)15-10-26(2)21(28)14-9-19(25)18(24)8-13(14)15/h4-5,7-11,20,27H,3,6H2,1-2H3. The highest BCUT2D eigenvalue weighted by atomic mass is 35.5. The summed E-state index contributed by atoms with van der Waals surface area (Å²) in [6, 6.07) is 6.00. The molecule has 0 fully saturated rings. The number of aliphatic hydroxyl groups excluding tert-OH is 1. The van der Waals surface area contributed by atoms with E-state index in [9.17, 15) is 23.1 Å². The molecule has 2 atom stereocenters. The lowest BCUT2D eigenvalue weighted by Gasteiger charge is -2.18. The summed E-state index contributed by atoms with van der Waals surface area (Å²) < 4.78 is 42.0. The number of nitrogens with zero attached hydrogens (tertiary/aromatic N) is 1. The molecule has 1 N–H and O–H groups in total. The highest BCUT2D eigenvalue weighted by Crippen LogP contribution is 2.31. The molecule has 3 nitrogen and oxygen atoms in total. The molecule has 28 heavy (non-hydrogen) atoms. The summed E-state index contributed by atoms with van der Waals surface area (Å²) in [6.45, 7) is 1.88. The van der Waals surface area contributed by atoms with Crippen LogP contribution in [0.15, 0.2) is 41.3 Å². The molecule has 0 saturated carbocycles. The average Bonchev–Trinajstić information content (AvgIpc) is 2.66. The number of rotatable bonds is 5. The topological polar surface area (TPSA) is 42.2 Å². The van der Waals surface area contributed by atoms with Crippen LogP contribution in [0, 0.1) is 17.5 Å². The molecule has 0 radical (unpaired) electrons. The number of hydrogen-bond donors (Lipinski definition) is 1. The van der Waals surface area contributed by atoms with E-state index in [0.717, 1.165) is 12.1 Å². The van der Waals surface area contributed by atoms with Crippen molar-refractivity contribution < 1.29 is 18.3 Å². The van der Waals surface area contributed by atoms with Gasteiger partial charge in [0.2, 0.25) is 0 Å². The molecule has 3 aromatic rings. The second kappa shape index (κ2) is 7.97. The van der Waals surface area contributed by atoms with E-state index in [1.807, 2.05) is 6.92 Å². The first kappa shape index (κ1) is 20.4. The van der Waals surface area contributed by atoms with Crippen molar-refractivity contribution in [2.24, 2.45) is 7.05 Å². The van der Waals surface area contributed by atoms with Crippen LogP contribution in [0.3, 0.4) is 0 Å². The van der Waals surface area contributed by atoms with Crippen LogP contribution in [0.2, 0.25) is 5.02 Å². The van der Waals surface area contributed by atoms with Crippen molar-refractivity contribution in [1.29, 1.82) is 0 Å². The maximum absolute atomic E-state index is 13.8. The van der Waals surface area contributed by atoms with E-state index in [0.29, 0.717) is 29.4 Å². The quantitative estimate of drug-likeness (QED) is 0.627. The first-order chi connectivity index (χ1) is 13.2. The molecule has 2 unspecified atom stereocenters. The van der Waals surface area contributed by atoms with Gasteiger partial charge in [-0.1, -0.05) is 24.6 Å². The van der Waals surface area contributed by atoms with Gasteiger partial charge in [-0.2, -0.15) is 0 Å². The fraction of sp³-hybridized carbons (Fsp3) is 0.286. The maximum atomic E-state index is 13.8. The van der Waals surface area contributed by atoms with Crippen LogP contribution >= 0.6 is 11.6 Å². The predicted molar refractivity (Wildman–Crippen MR) is 103 cm³/mol. The number of benzene rings is 2. The zero-order chi connectivity index (χ0) is 20.6. The number of fused-ring (bicyclic) bond motifs is 1. The minimum atomic E-state index is -1.07. The highest BCUT2D eigenvalue weighted by Gasteiger charge is 2.18. The maximum Gasteiger partial charge on any atom is 0.258 e. The minimum absolute atomic E-state index is 0.0637. The van der Waals surface area contributed by atoms with E-state index in [-0.39, 0.29) is 16.3 Å². The smallest absolute Gasteiger partial charge is 0.258 e. The van der Waals surface area contributed by atoms with Gasteiger partial charge in [0.25, 0.3) is 5.56 Å². The molecule has 7 heteroatoms. The zero-order valence-corrected chi connectivity index (χ0v) is 16.1. The molecule has 2 aromatic carbocycles. The van der Waals surface area contributed by atoms with E-state index in [1.165, 1.54) is 22.8 Å². The Kier molecular flexibility index (Phi) is 5.82. The van der Waals surface area contributed by atoms with Crippen LogP contribution in [0.25, 0.3) is 10.8 Å². The van der Waals surface area contributed by atoms with E-state index >= 15 is 0 Å². The van der Waals surface area contributed by atoms with Gasteiger partial charge in [-0.15, -0.1) is 0 Å². The molecular weight excluding hydrogens is 391 g/mol. The summed E-state index contributed by atoms with van der Waals surface area (Å²) in [5.41, 5.74) is 0.767. The van der Waals surface area contributed by atoms with Crippen LogP contribution in [-0.4, -0.2) is 9.67 Å². The van der Waals surface area contributed by atoms with Gasteiger partial charge in [-0.3, -0.25) is 4.79 Å². The van der Waals surface area contributed by atoms with Gasteiger partial charge in [-0.05, 0) is 59.5 Å². The molecule has 0 saturated heterocycles. The molecule has 0 aliphatic rings. The Hall–Kier alpha value is -2.31. The van der Waals surface area contributed by atoms with Crippen LogP contribution in [0.5, 0.6) is 0 Å². The Morgan fingerprint density at radius 3 is 2.32 bits per heavy atom. The molecule has 0 spiro atoms. The summed E-state index contributed by atoms with van der Waals surface area (Å²) >= 11 is 5.76. The second-order valence-corrected chi connectivity index (χ2v) is 7.39. The molecule has 0 aliphatic carbocycles. The fourth-order valence-electron chi connectivity index (χ4n) is 3.33. The van der Waals surface area contributed by atoms with Crippen molar-refractivity contribution >= 4 is 22.4 Å². The Bertz CT molecular complexity index is 1100. The summed E-state index contributed by atoms with van der Waals surface area (Å²) in [7, 11) is 1.55. The zero-order valence-electron chi connectivity index (χ0n) is 15.3. The third-order valence-electron chi connectivity index (χ3n) is 4.99. The number of aliphatic hydroxyl groups is 1. The van der Waals surface area contributed by atoms with Crippen molar-refractivity contribution in [1.82, 2.24) is 4.57 Å². The largest absolute Gasteiger partial charge is 0.388 e. The SMILES string of the molecule is CC(CCC(O)c1ccc(F)c(Cl)c1)c1cn(C)c(=O)c2cc(F)c(F)cc12. The molecule has 0 amide bonds. The molecule has 148 valence electrons. The lowest BCUT2D eigenvalue weighted by atomic mass is 9.91. The third kappa shape index (κ3) is 3.93. The minimum Gasteiger partial charge on any atom is -0.388 e. The van der Waals surface area contributed by atoms with E-state index < -0.39 is 29.1 Å². The van der Waals surface area contributed by atoms with Crippen molar-refractivity contribution in [2.75, 3.05) is 0 Å². The monoisotopic (exact) mass is 409 g/mol. The number of halogens is 4. The number of aromatic nitrogens is 1. The first-order valence-electron chi connectivity index (χ1n) is 8.80. The lowest BCUT2D eigenvalue weighted by molar-refractivity contribution is 0.162. The predicted octanol–water partition coefficient (Wildman–Crippen LogP) is 5.23. The Labute approximate surface area is 165 Å². The van der Waals surface area contributed by atoms with Crippen molar-refractivity contribution in [2.45, 2.75) is 31.8 Å². The Morgan fingerprint density at radius 2 is 1.68 bits per heavy atom. The molecule has 3 rings (SSSR count). The normalized spacial score (nSPS) is 13.7. The average molecular weight is 410 g/mol. The summed E-state index contributed by atoms with van der Waals surface area (Å²) in [4.78, 5) is 12.3. The van der Waals surface area contributed by atoms with Gasteiger partial charge in [0.1, 0.15) is 5.82 Å². The van der Waals surface area contributed by atoms with Gasteiger partial charge >= 0.3 is 0 Å². The summed E-state index contributed by atoms with van der Waals surface area (Å²) in [6.07, 6.45) is 1.60. The molecule has 1 heterocycles. The Balaban J connectivity index is 1.88. The Morgan fingerprint density at radius 1 is 1.04 bits per heavy atom. The third-order valence-corrected chi connectivity index (χ3v) is 5.28. The fourth-order valence-corrected chi connectivity index (χ4v) is 3.52. The van der Waals surface area contributed by atoms with Gasteiger partial charge in [0.15, 0.2) is 11.6 Å². The molecule has 0 aliphatic heterocycles. The van der Waals surface area contributed by atoms with Crippen LogP contribution in [0.4, 0.5) is 13.2 Å². The molecule has 0 bridgehead atoms. The van der Waals surface area contributed by atoms with Crippen molar-refractivity contribution in [3.05, 3.63) is 80.5 Å². The van der Waals surface area contributed by atoms with Gasteiger partial charge < -0.3 is 9.67 Å². The summed E-state index contributed by atoms with van der Waals surface area (Å²) in [5.74, 6) is -2.80. The summed E-state index contributed by atoms with van der Waals surface area (Å²) in [5, 5.41) is 10.8. The number of aryl methyl sites for hydroxylation is 1. The van der Waals surface area contributed by atoms with E-state index in [1.54, 1.807) is 13.2 Å². The molecular formula is C21H19ClF3NO2. The van der Waals surface area contributed by atoms with Gasteiger partial charge in [-0.25, -0.2) is 13.2 Å². The first-order valence-corrected chi connectivity index (χ1v) is 9.18. The highest BCUT2D eigenvalue weighted by molar-refractivity contribution is 6.30. The second-order valence-electron chi connectivity index (χ2n) is 6.98. The lowest BCUT2D eigenvalue weighted by Crippen LogP contribution is -2.18. The number of hydrogen-bond acceptors (Lipinski definition) is 2. The van der Waals surface area contributed by atoms with Crippen molar-refractivity contribution in [3.63, 3.8) is 0 Å². The molecule has 1 aromatic heterocycles. The van der Waals surface area contributed by atoms with Gasteiger partial charge in [0.05, 0.1) is 16.5 Å².